The van der Waals surface area contributed by atoms with Crippen molar-refractivity contribution in [2.45, 2.75) is 72.6 Å². The number of hydrogen-bond donors (Lipinski definition) is 0. The Morgan fingerprint density at radius 2 is 1.28 bits per heavy atom. The lowest BCUT2D eigenvalue weighted by Gasteiger charge is -2.22. The summed E-state index contributed by atoms with van der Waals surface area (Å²) in [6.45, 7) is 18.5. The molecule has 5 aromatic rings. The summed E-state index contributed by atoms with van der Waals surface area (Å²) in [5.41, 5.74) is 13.1. The first-order chi connectivity index (χ1) is 18.5. The topological polar surface area (TPSA) is 8.81 Å². The first-order valence-corrected chi connectivity index (χ1v) is 14.3. The largest absolute Gasteiger partial charge is 0.295 e. The van der Waals surface area contributed by atoms with Crippen LogP contribution in [-0.4, -0.2) is 4.57 Å². The van der Waals surface area contributed by atoms with Gasteiger partial charge < -0.3 is 0 Å². The van der Waals surface area contributed by atoms with Crippen molar-refractivity contribution >= 4 is 11.0 Å². The van der Waals surface area contributed by atoms with E-state index in [1.165, 1.54) is 61.5 Å². The van der Waals surface area contributed by atoms with Gasteiger partial charge >= 0.3 is 0 Å². The predicted octanol–water partition coefficient (Wildman–Crippen LogP) is 9.64. The molecule has 0 N–H and O–H groups in total. The Morgan fingerprint density at radius 1 is 0.692 bits per heavy atom. The lowest BCUT2D eigenvalue weighted by molar-refractivity contribution is -0.633. The van der Waals surface area contributed by atoms with Crippen molar-refractivity contribution in [3.8, 4) is 28.2 Å². The van der Waals surface area contributed by atoms with E-state index in [0.717, 1.165) is 0 Å². The summed E-state index contributed by atoms with van der Waals surface area (Å²) in [6, 6.07) is 31.5. The van der Waals surface area contributed by atoms with Gasteiger partial charge in [-0.1, -0.05) is 103 Å². The highest BCUT2D eigenvalue weighted by molar-refractivity contribution is 5.82. The van der Waals surface area contributed by atoms with E-state index in [2.05, 4.69) is 157 Å². The summed E-state index contributed by atoms with van der Waals surface area (Å²) in [5.74, 6) is 1.96. The zero-order valence-electron chi connectivity index (χ0n) is 25.1. The van der Waals surface area contributed by atoms with Crippen LogP contribution in [0.15, 0.2) is 84.9 Å². The highest BCUT2D eigenvalue weighted by atomic mass is 15.2. The van der Waals surface area contributed by atoms with Gasteiger partial charge in [-0.3, -0.25) is 0 Å². The number of nitrogens with zero attached hydrogens (tertiary/aromatic N) is 2. The first-order valence-electron chi connectivity index (χ1n) is 14.3. The average Bonchev–Trinajstić information content (AvgIpc) is 3.19. The van der Waals surface area contributed by atoms with Gasteiger partial charge in [0.15, 0.2) is 11.0 Å². The van der Waals surface area contributed by atoms with Gasteiger partial charge in [0.2, 0.25) is 0 Å². The van der Waals surface area contributed by atoms with Crippen molar-refractivity contribution in [2.75, 3.05) is 0 Å². The second-order valence-corrected chi connectivity index (χ2v) is 12.7. The molecule has 5 rings (SSSR count). The molecule has 1 aromatic heterocycles. The molecule has 2 nitrogen and oxygen atoms in total. The van der Waals surface area contributed by atoms with Gasteiger partial charge in [0, 0.05) is 11.1 Å². The third-order valence-corrected chi connectivity index (χ3v) is 8.10. The van der Waals surface area contributed by atoms with Crippen LogP contribution in [0, 0.1) is 6.92 Å². The van der Waals surface area contributed by atoms with Crippen LogP contribution in [-0.2, 0) is 12.5 Å². The molecule has 0 aliphatic heterocycles. The Balaban J connectivity index is 1.94. The standard InChI is InChI=1S/C37H43N2/c1-24(2)30-21-28(27-15-11-10-12-16-27)22-31(25(3)4)35(30)39-34-18-14-13-17-33(34)38(9)36(39)32-23-29(37(6,7)8)20-19-26(32)5/h10-25H,1-9H3/q+1. The highest BCUT2D eigenvalue weighted by Crippen LogP contribution is 2.40. The van der Waals surface area contributed by atoms with Crippen molar-refractivity contribution in [3.05, 3.63) is 107 Å². The Kier molecular flexibility index (Phi) is 7.01. The van der Waals surface area contributed by atoms with Crippen LogP contribution in [0.5, 0.6) is 0 Å². The number of fused-ring (bicyclic) bond motifs is 1. The smallest absolute Gasteiger partial charge is 0.225 e. The van der Waals surface area contributed by atoms with E-state index in [1.54, 1.807) is 0 Å². The number of imidazole rings is 1. The fourth-order valence-corrected chi connectivity index (χ4v) is 5.79. The van der Waals surface area contributed by atoms with E-state index in [-0.39, 0.29) is 5.41 Å². The van der Waals surface area contributed by atoms with Crippen LogP contribution in [0.2, 0.25) is 0 Å². The molecule has 0 saturated heterocycles. The SMILES string of the molecule is Cc1ccc(C(C)(C)C)cc1-c1n(-c2c(C(C)C)cc(-c3ccccc3)cc2C(C)C)c2ccccc2[n+]1C. The third-order valence-electron chi connectivity index (χ3n) is 8.10. The zero-order chi connectivity index (χ0) is 28.1. The van der Waals surface area contributed by atoms with Crippen molar-refractivity contribution in [2.24, 2.45) is 7.05 Å². The molecule has 0 atom stereocenters. The Morgan fingerprint density at radius 3 is 1.87 bits per heavy atom. The maximum absolute atomic E-state index is 2.56. The molecule has 4 aromatic carbocycles. The molecule has 0 radical (unpaired) electrons. The van der Waals surface area contributed by atoms with Gasteiger partial charge in [0.25, 0.3) is 5.82 Å². The van der Waals surface area contributed by atoms with Gasteiger partial charge in [-0.25, -0.2) is 4.57 Å². The Hall–Kier alpha value is -3.65. The lowest BCUT2D eigenvalue weighted by Crippen LogP contribution is -2.31. The van der Waals surface area contributed by atoms with Gasteiger partial charge in [-0.2, -0.15) is 4.57 Å². The molecule has 200 valence electrons. The fourth-order valence-electron chi connectivity index (χ4n) is 5.79. The molecule has 0 unspecified atom stereocenters. The van der Waals surface area contributed by atoms with Crippen molar-refractivity contribution in [1.29, 1.82) is 0 Å². The molecular weight excluding hydrogens is 472 g/mol. The predicted molar refractivity (Wildman–Crippen MR) is 167 cm³/mol. The normalized spacial score (nSPS) is 12.2. The zero-order valence-corrected chi connectivity index (χ0v) is 25.1. The summed E-state index contributed by atoms with van der Waals surface area (Å²) in [5, 5.41) is 0. The summed E-state index contributed by atoms with van der Waals surface area (Å²) in [6.07, 6.45) is 0. The molecule has 0 amide bonds. The first kappa shape index (κ1) is 26.9. The van der Waals surface area contributed by atoms with Gasteiger partial charge in [0.05, 0.1) is 12.6 Å². The van der Waals surface area contributed by atoms with Crippen molar-refractivity contribution in [1.82, 2.24) is 4.57 Å². The molecule has 0 bridgehead atoms. The van der Waals surface area contributed by atoms with Crippen LogP contribution in [0.3, 0.4) is 0 Å². The molecular formula is C37H43N2+. The van der Waals surface area contributed by atoms with E-state index in [0.29, 0.717) is 11.8 Å². The number of hydrogen-bond acceptors (Lipinski definition) is 0. The van der Waals surface area contributed by atoms with Crippen LogP contribution in [0.4, 0.5) is 0 Å². The molecule has 39 heavy (non-hydrogen) atoms. The Bertz CT molecular complexity index is 1610. The lowest BCUT2D eigenvalue weighted by atomic mass is 9.85. The quantitative estimate of drug-likeness (QED) is 0.206. The Labute approximate surface area is 235 Å². The van der Waals surface area contributed by atoms with Gasteiger partial charge in [-0.05, 0) is 76.8 Å². The van der Waals surface area contributed by atoms with E-state index in [1.807, 2.05) is 0 Å². The van der Waals surface area contributed by atoms with Crippen molar-refractivity contribution < 1.29 is 4.57 Å². The van der Waals surface area contributed by atoms with Gasteiger partial charge in [-0.15, -0.1) is 0 Å². The van der Waals surface area contributed by atoms with Crippen molar-refractivity contribution in [3.63, 3.8) is 0 Å². The minimum Gasteiger partial charge on any atom is -0.225 e. The highest BCUT2D eigenvalue weighted by Gasteiger charge is 2.32. The summed E-state index contributed by atoms with van der Waals surface area (Å²) in [4.78, 5) is 0. The van der Waals surface area contributed by atoms with Crippen LogP contribution >= 0.6 is 0 Å². The molecule has 1 heterocycles. The maximum Gasteiger partial charge on any atom is 0.295 e. The van der Waals surface area contributed by atoms with E-state index >= 15 is 0 Å². The fraction of sp³-hybridized carbons (Fsp3) is 0.324. The maximum atomic E-state index is 2.56. The molecule has 2 heteroatoms. The van der Waals surface area contributed by atoms with Crippen LogP contribution in [0.25, 0.3) is 39.2 Å². The number of para-hydroxylation sites is 2. The second-order valence-electron chi connectivity index (χ2n) is 12.7. The van der Waals surface area contributed by atoms with Crippen LogP contribution < -0.4 is 4.57 Å². The minimum atomic E-state index is 0.0708. The molecule has 0 aliphatic rings. The molecule has 0 saturated carbocycles. The summed E-state index contributed by atoms with van der Waals surface area (Å²) >= 11 is 0. The molecule has 0 spiro atoms. The summed E-state index contributed by atoms with van der Waals surface area (Å²) in [7, 11) is 2.22. The molecule has 0 aliphatic carbocycles. The van der Waals surface area contributed by atoms with E-state index in [4.69, 9.17) is 0 Å². The number of benzene rings is 4. The monoisotopic (exact) mass is 515 g/mol. The summed E-state index contributed by atoms with van der Waals surface area (Å²) < 4.78 is 4.95. The van der Waals surface area contributed by atoms with Crippen LogP contribution in [0.1, 0.15) is 82.6 Å². The third kappa shape index (κ3) is 4.82. The average molecular weight is 516 g/mol. The number of aromatic nitrogens is 2. The molecule has 0 fully saturated rings. The number of rotatable bonds is 5. The second kappa shape index (κ2) is 10.2. The minimum absolute atomic E-state index is 0.0708. The van der Waals surface area contributed by atoms with Gasteiger partial charge in [0.1, 0.15) is 5.69 Å². The van der Waals surface area contributed by atoms with E-state index < -0.39 is 0 Å². The van der Waals surface area contributed by atoms with E-state index in [9.17, 15) is 0 Å². The number of aryl methyl sites for hydroxylation is 2.